The highest BCUT2D eigenvalue weighted by Crippen LogP contribution is 2.28. The van der Waals surface area contributed by atoms with Crippen LogP contribution < -0.4 is 4.74 Å². The van der Waals surface area contributed by atoms with Gasteiger partial charge < -0.3 is 14.1 Å². The van der Waals surface area contributed by atoms with Gasteiger partial charge in [0.1, 0.15) is 11.5 Å². The summed E-state index contributed by atoms with van der Waals surface area (Å²) in [5.74, 6) is 2.76. The summed E-state index contributed by atoms with van der Waals surface area (Å²) in [6, 6.07) is 15.5. The lowest BCUT2D eigenvalue weighted by molar-refractivity contribution is 0.0671. The number of carbonyl (C=O) groups is 1. The Morgan fingerprint density at radius 1 is 1.16 bits per heavy atom. The van der Waals surface area contributed by atoms with Gasteiger partial charge in [-0.25, -0.2) is 9.50 Å². The van der Waals surface area contributed by atoms with Crippen molar-refractivity contribution in [1.82, 2.24) is 19.5 Å². The first kappa shape index (κ1) is 19.4. The van der Waals surface area contributed by atoms with E-state index >= 15 is 0 Å². The van der Waals surface area contributed by atoms with E-state index in [-0.39, 0.29) is 11.8 Å². The van der Waals surface area contributed by atoms with Crippen molar-refractivity contribution in [2.45, 2.75) is 25.7 Å². The Balaban J connectivity index is 1.39. The van der Waals surface area contributed by atoms with Gasteiger partial charge in [0.05, 0.1) is 7.11 Å². The van der Waals surface area contributed by atoms with E-state index in [1.807, 2.05) is 65.0 Å². The van der Waals surface area contributed by atoms with Crippen LogP contribution in [0.15, 0.2) is 59.1 Å². The molecule has 0 unspecified atom stereocenters. The van der Waals surface area contributed by atoms with Gasteiger partial charge in [-0.3, -0.25) is 4.79 Å². The average Bonchev–Trinajstić information content (AvgIpc) is 3.44. The van der Waals surface area contributed by atoms with Gasteiger partial charge in [-0.2, -0.15) is 5.10 Å². The second-order valence-corrected chi connectivity index (χ2v) is 7.92. The molecule has 1 saturated heterocycles. The Morgan fingerprint density at radius 3 is 2.87 bits per heavy atom. The number of pyridine rings is 1. The van der Waals surface area contributed by atoms with Crippen LogP contribution in [0.5, 0.6) is 5.75 Å². The molecule has 7 heteroatoms. The van der Waals surface area contributed by atoms with Gasteiger partial charge in [0.25, 0.3) is 5.91 Å². The number of hydrogen-bond donors (Lipinski definition) is 0. The van der Waals surface area contributed by atoms with Crippen LogP contribution in [-0.4, -0.2) is 45.6 Å². The van der Waals surface area contributed by atoms with Crippen molar-refractivity contribution in [2.75, 3.05) is 20.2 Å². The first-order valence-electron chi connectivity index (χ1n) is 10.5. The van der Waals surface area contributed by atoms with Gasteiger partial charge in [-0.05, 0) is 61.7 Å². The molecule has 1 fully saturated rings. The highest BCUT2D eigenvalue weighted by Gasteiger charge is 2.29. The molecule has 1 atom stereocenters. The summed E-state index contributed by atoms with van der Waals surface area (Å²) in [7, 11) is 1.66. The quantitative estimate of drug-likeness (QED) is 0.495. The lowest BCUT2D eigenvalue weighted by Gasteiger charge is -2.30. The Morgan fingerprint density at radius 2 is 2.06 bits per heavy atom. The Hall–Kier alpha value is -3.61. The smallest absolute Gasteiger partial charge is 0.289 e. The number of fused-ring (bicyclic) bond motifs is 1. The maximum absolute atomic E-state index is 12.8. The molecule has 0 saturated carbocycles. The molecule has 0 bridgehead atoms. The molecule has 3 aromatic heterocycles. The van der Waals surface area contributed by atoms with Crippen molar-refractivity contribution in [1.29, 1.82) is 0 Å². The summed E-state index contributed by atoms with van der Waals surface area (Å²) in [5.41, 5.74) is 2.89. The Kier molecular flexibility index (Phi) is 4.94. The molecule has 1 aliphatic rings. The van der Waals surface area contributed by atoms with Gasteiger partial charge in [-0.15, -0.1) is 0 Å². The molecular weight excluding hydrogens is 392 g/mol. The van der Waals surface area contributed by atoms with E-state index in [2.05, 4.69) is 0 Å². The fourth-order valence-electron chi connectivity index (χ4n) is 4.12. The normalized spacial score (nSPS) is 16.6. The number of piperidine rings is 1. The zero-order valence-corrected chi connectivity index (χ0v) is 17.6. The van der Waals surface area contributed by atoms with Crippen molar-refractivity contribution in [2.24, 2.45) is 0 Å². The second-order valence-electron chi connectivity index (χ2n) is 7.92. The molecule has 158 valence electrons. The predicted octanol–water partition coefficient (Wildman–Crippen LogP) is 4.33. The fourth-order valence-corrected chi connectivity index (χ4v) is 4.12. The molecule has 7 nitrogen and oxygen atoms in total. The standard InChI is InChI=1S/C24H24N4O3/c1-16-8-10-21(31-16)24(29)27-12-4-6-19(14-27)23-25-22-11-9-18(15-28(22)26-23)17-5-3-7-20(13-17)30-2/h3,5,7-11,13,15,19H,4,6,12,14H2,1-2H3/t19-/m1/s1. The molecule has 1 aliphatic heterocycles. The number of rotatable bonds is 4. The number of aromatic nitrogens is 3. The van der Waals surface area contributed by atoms with E-state index in [0.717, 1.165) is 53.5 Å². The molecule has 0 N–H and O–H groups in total. The number of likely N-dealkylation sites (tertiary alicyclic amines) is 1. The number of benzene rings is 1. The van der Waals surface area contributed by atoms with Crippen molar-refractivity contribution < 1.29 is 13.9 Å². The molecule has 1 amide bonds. The molecule has 1 aromatic carbocycles. The zero-order chi connectivity index (χ0) is 21.4. The summed E-state index contributed by atoms with van der Waals surface area (Å²) >= 11 is 0. The molecule has 4 heterocycles. The zero-order valence-electron chi connectivity index (χ0n) is 17.6. The van der Waals surface area contributed by atoms with E-state index in [4.69, 9.17) is 19.2 Å². The largest absolute Gasteiger partial charge is 0.497 e. The number of nitrogens with zero attached hydrogens (tertiary/aromatic N) is 4. The van der Waals surface area contributed by atoms with Crippen molar-refractivity contribution in [3.05, 3.63) is 72.1 Å². The summed E-state index contributed by atoms with van der Waals surface area (Å²) in [6.45, 7) is 3.16. The summed E-state index contributed by atoms with van der Waals surface area (Å²) < 4.78 is 12.7. The third-order valence-electron chi connectivity index (χ3n) is 5.78. The number of ether oxygens (including phenoxy) is 1. The van der Waals surface area contributed by atoms with Crippen molar-refractivity contribution in [3.63, 3.8) is 0 Å². The average molecular weight is 416 g/mol. The number of furan rings is 1. The molecule has 0 radical (unpaired) electrons. The highest BCUT2D eigenvalue weighted by atomic mass is 16.5. The summed E-state index contributed by atoms with van der Waals surface area (Å²) in [6.07, 6.45) is 3.86. The van der Waals surface area contributed by atoms with E-state index in [1.165, 1.54) is 0 Å². The summed E-state index contributed by atoms with van der Waals surface area (Å²) in [5, 5.41) is 4.75. The second kappa shape index (κ2) is 7.91. The van der Waals surface area contributed by atoms with Gasteiger partial charge >= 0.3 is 0 Å². The first-order chi connectivity index (χ1) is 15.1. The molecule has 0 spiro atoms. The lowest BCUT2D eigenvalue weighted by atomic mass is 9.97. The Labute approximate surface area is 180 Å². The van der Waals surface area contributed by atoms with Crippen LogP contribution in [0, 0.1) is 6.92 Å². The van der Waals surface area contributed by atoms with Crippen LogP contribution in [0.3, 0.4) is 0 Å². The van der Waals surface area contributed by atoms with Gasteiger partial charge in [0.2, 0.25) is 0 Å². The number of carbonyl (C=O) groups excluding carboxylic acids is 1. The number of methoxy groups -OCH3 is 1. The van der Waals surface area contributed by atoms with Gasteiger partial charge in [0, 0.05) is 30.8 Å². The van der Waals surface area contributed by atoms with E-state index in [9.17, 15) is 4.79 Å². The number of aryl methyl sites for hydroxylation is 1. The fraction of sp³-hybridized carbons (Fsp3) is 0.292. The van der Waals surface area contributed by atoms with Crippen LogP contribution in [0.4, 0.5) is 0 Å². The minimum atomic E-state index is -0.0677. The van der Waals surface area contributed by atoms with Crippen LogP contribution in [0.25, 0.3) is 16.8 Å². The Bertz CT molecular complexity index is 1240. The molecular formula is C24H24N4O3. The molecule has 4 aromatic rings. The minimum Gasteiger partial charge on any atom is -0.497 e. The third-order valence-corrected chi connectivity index (χ3v) is 5.78. The van der Waals surface area contributed by atoms with Crippen LogP contribution >= 0.6 is 0 Å². The minimum absolute atomic E-state index is 0.0677. The van der Waals surface area contributed by atoms with Gasteiger partial charge in [-0.1, -0.05) is 12.1 Å². The van der Waals surface area contributed by atoms with E-state index < -0.39 is 0 Å². The predicted molar refractivity (Wildman–Crippen MR) is 116 cm³/mol. The van der Waals surface area contributed by atoms with Crippen LogP contribution in [-0.2, 0) is 0 Å². The maximum atomic E-state index is 12.8. The SMILES string of the molecule is COc1cccc(-c2ccc3nc([C@@H]4CCCN(C(=O)c5ccc(C)o5)C4)nn3c2)c1. The molecule has 0 aliphatic carbocycles. The highest BCUT2D eigenvalue weighted by molar-refractivity contribution is 5.91. The number of hydrogen-bond acceptors (Lipinski definition) is 5. The van der Waals surface area contributed by atoms with Crippen molar-refractivity contribution in [3.8, 4) is 16.9 Å². The van der Waals surface area contributed by atoms with Crippen LogP contribution in [0.1, 0.15) is 40.9 Å². The molecule has 5 rings (SSSR count). The number of amides is 1. The molecule has 31 heavy (non-hydrogen) atoms. The monoisotopic (exact) mass is 416 g/mol. The summed E-state index contributed by atoms with van der Waals surface area (Å²) in [4.78, 5) is 19.4. The lowest BCUT2D eigenvalue weighted by Crippen LogP contribution is -2.39. The van der Waals surface area contributed by atoms with E-state index in [0.29, 0.717) is 12.3 Å². The van der Waals surface area contributed by atoms with E-state index in [1.54, 1.807) is 13.2 Å². The third kappa shape index (κ3) is 3.79. The van der Waals surface area contributed by atoms with Crippen LogP contribution in [0.2, 0.25) is 0 Å². The first-order valence-corrected chi connectivity index (χ1v) is 10.5. The maximum Gasteiger partial charge on any atom is 0.289 e. The van der Waals surface area contributed by atoms with Crippen molar-refractivity contribution >= 4 is 11.6 Å². The van der Waals surface area contributed by atoms with Gasteiger partial charge in [0.15, 0.2) is 17.2 Å². The topological polar surface area (TPSA) is 72.9 Å².